The van der Waals surface area contributed by atoms with Gasteiger partial charge in [-0.05, 0) is 36.5 Å². The lowest BCUT2D eigenvalue weighted by molar-refractivity contribution is -0.124. The van der Waals surface area contributed by atoms with Crippen molar-refractivity contribution in [3.63, 3.8) is 0 Å². The number of nitrogens with one attached hydrogen (secondary N) is 1. The average Bonchev–Trinajstić information content (AvgIpc) is 2.75. The molecule has 0 fully saturated rings. The van der Waals surface area contributed by atoms with Gasteiger partial charge in [-0.25, -0.2) is 4.79 Å². The van der Waals surface area contributed by atoms with Crippen LogP contribution in [-0.2, 0) is 16.0 Å². The van der Waals surface area contributed by atoms with Crippen LogP contribution in [0.25, 0.3) is 10.9 Å². The van der Waals surface area contributed by atoms with Gasteiger partial charge in [0.15, 0.2) is 6.61 Å². The highest BCUT2D eigenvalue weighted by Crippen LogP contribution is 2.23. The molecule has 3 aromatic rings. The van der Waals surface area contributed by atoms with E-state index in [1.807, 2.05) is 56.3 Å². The summed E-state index contributed by atoms with van der Waals surface area (Å²) in [6.07, 6.45) is 1.72. The summed E-state index contributed by atoms with van der Waals surface area (Å²) in [6.45, 7) is 4.29. The SMILES string of the molecule is CC(C)c1cc(C(=O)OCC(=O)NCCCc2ccccc2)c2ccccc2n1. The number of rotatable bonds is 8. The van der Waals surface area contributed by atoms with E-state index >= 15 is 0 Å². The van der Waals surface area contributed by atoms with E-state index in [1.54, 1.807) is 6.07 Å². The van der Waals surface area contributed by atoms with Crippen LogP contribution in [0.5, 0.6) is 0 Å². The minimum absolute atomic E-state index is 0.180. The number of amides is 1. The lowest BCUT2D eigenvalue weighted by Gasteiger charge is -2.11. The highest BCUT2D eigenvalue weighted by Gasteiger charge is 2.16. The Labute approximate surface area is 171 Å². The number of pyridine rings is 1. The van der Waals surface area contributed by atoms with E-state index in [2.05, 4.69) is 22.4 Å². The molecule has 0 atom stereocenters. The monoisotopic (exact) mass is 390 g/mol. The Bertz CT molecular complexity index is 984. The molecule has 1 N–H and O–H groups in total. The van der Waals surface area contributed by atoms with Gasteiger partial charge in [0.1, 0.15) is 0 Å². The van der Waals surface area contributed by atoms with Crippen LogP contribution in [0.3, 0.4) is 0 Å². The Morgan fingerprint density at radius 2 is 1.76 bits per heavy atom. The van der Waals surface area contributed by atoms with Gasteiger partial charge in [-0.2, -0.15) is 0 Å². The molecule has 29 heavy (non-hydrogen) atoms. The summed E-state index contributed by atoms with van der Waals surface area (Å²) in [4.78, 5) is 29.3. The molecule has 150 valence electrons. The van der Waals surface area contributed by atoms with Gasteiger partial charge in [-0.1, -0.05) is 62.4 Å². The number of para-hydroxylation sites is 1. The highest BCUT2D eigenvalue weighted by molar-refractivity contribution is 6.04. The number of carbonyl (C=O) groups excluding carboxylic acids is 2. The van der Waals surface area contributed by atoms with Crippen LogP contribution in [-0.4, -0.2) is 30.0 Å². The van der Waals surface area contributed by atoms with E-state index in [1.165, 1.54) is 5.56 Å². The molecular formula is C24H26N2O3. The lowest BCUT2D eigenvalue weighted by atomic mass is 10.0. The molecule has 5 nitrogen and oxygen atoms in total. The summed E-state index contributed by atoms with van der Waals surface area (Å²) < 4.78 is 5.27. The van der Waals surface area contributed by atoms with Crippen LogP contribution in [0.4, 0.5) is 0 Å². The Morgan fingerprint density at radius 3 is 2.52 bits per heavy atom. The second-order valence-electron chi connectivity index (χ2n) is 7.28. The van der Waals surface area contributed by atoms with Crippen LogP contribution in [0.1, 0.15) is 47.8 Å². The van der Waals surface area contributed by atoms with Crippen molar-refractivity contribution >= 4 is 22.8 Å². The first kappa shape index (κ1) is 20.5. The molecule has 0 aliphatic rings. The zero-order chi connectivity index (χ0) is 20.6. The van der Waals surface area contributed by atoms with E-state index in [0.717, 1.165) is 29.4 Å². The fourth-order valence-corrected chi connectivity index (χ4v) is 3.09. The number of aryl methyl sites for hydroxylation is 1. The fourth-order valence-electron chi connectivity index (χ4n) is 3.09. The van der Waals surface area contributed by atoms with Crippen molar-refractivity contribution in [3.8, 4) is 0 Å². The van der Waals surface area contributed by atoms with Gasteiger partial charge < -0.3 is 10.1 Å². The minimum atomic E-state index is -0.509. The van der Waals surface area contributed by atoms with Gasteiger partial charge in [0.2, 0.25) is 0 Å². The van der Waals surface area contributed by atoms with E-state index < -0.39 is 5.97 Å². The zero-order valence-corrected chi connectivity index (χ0v) is 16.9. The van der Waals surface area contributed by atoms with Gasteiger partial charge >= 0.3 is 5.97 Å². The lowest BCUT2D eigenvalue weighted by Crippen LogP contribution is -2.29. The molecule has 1 heterocycles. The summed E-state index contributed by atoms with van der Waals surface area (Å²) >= 11 is 0. The van der Waals surface area contributed by atoms with E-state index in [0.29, 0.717) is 12.1 Å². The van der Waals surface area contributed by atoms with Crippen molar-refractivity contribution in [3.05, 3.63) is 77.5 Å². The smallest absolute Gasteiger partial charge is 0.339 e. The summed E-state index contributed by atoms with van der Waals surface area (Å²) in [7, 11) is 0. The second kappa shape index (κ2) is 9.82. The van der Waals surface area contributed by atoms with Gasteiger partial charge in [-0.15, -0.1) is 0 Å². The van der Waals surface area contributed by atoms with E-state index in [9.17, 15) is 9.59 Å². The second-order valence-corrected chi connectivity index (χ2v) is 7.28. The number of ether oxygens (including phenoxy) is 1. The fraction of sp³-hybridized carbons (Fsp3) is 0.292. The maximum absolute atomic E-state index is 12.6. The Hall–Kier alpha value is -3.21. The Kier molecular flexibility index (Phi) is 6.95. The molecule has 0 unspecified atom stereocenters. The van der Waals surface area contributed by atoms with Gasteiger partial charge in [0.05, 0.1) is 11.1 Å². The average molecular weight is 390 g/mol. The number of benzene rings is 2. The molecular weight excluding hydrogens is 364 g/mol. The largest absolute Gasteiger partial charge is 0.452 e. The molecule has 1 amide bonds. The quantitative estimate of drug-likeness (QED) is 0.461. The zero-order valence-electron chi connectivity index (χ0n) is 16.9. The molecule has 0 saturated heterocycles. The number of esters is 1. The minimum Gasteiger partial charge on any atom is -0.452 e. The summed E-state index contributed by atoms with van der Waals surface area (Å²) in [5, 5.41) is 3.53. The number of hydrogen-bond acceptors (Lipinski definition) is 4. The third kappa shape index (κ3) is 5.64. The van der Waals surface area contributed by atoms with Crippen molar-refractivity contribution in [2.45, 2.75) is 32.6 Å². The van der Waals surface area contributed by atoms with Crippen molar-refractivity contribution < 1.29 is 14.3 Å². The molecule has 0 aliphatic carbocycles. The maximum atomic E-state index is 12.6. The van der Waals surface area contributed by atoms with Crippen LogP contribution < -0.4 is 5.32 Å². The topological polar surface area (TPSA) is 68.3 Å². The summed E-state index contributed by atoms with van der Waals surface area (Å²) in [5.74, 6) is -0.627. The third-order valence-electron chi connectivity index (χ3n) is 4.69. The number of hydrogen-bond donors (Lipinski definition) is 1. The molecule has 3 rings (SSSR count). The standard InChI is InChI=1S/C24H26N2O3/c1-17(2)22-15-20(19-12-6-7-13-21(19)26-22)24(28)29-16-23(27)25-14-8-11-18-9-4-3-5-10-18/h3-7,9-10,12-13,15,17H,8,11,14,16H2,1-2H3,(H,25,27). The predicted octanol–water partition coefficient (Wildman–Crippen LogP) is 4.26. The molecule has 0 radical (unpaired) electrons. The molecule has 1 aromatic heterocycles. The van der Waals surface area contributed by atoms with Crippen molar-refractivity contribution in [1.82, 2.24) is 10.3 Å². The third-order valence-corrected chi connectivity index (χ3v) is 4.69. The van der Waals surface area contributed by atoms with Crippen molar-refractivity contribution in [2.75, 3.05) is 13.2 Å². The number of fused-ring (bicyclic) bond motifs is 1. The van der Waals surface area contributed by atoms with E-state index in [4.69, 9.17) is 4.74 Å². The Morgan fingerprint density at radius 1 is 1.03 bits per heavy atom. The van der Waals surface area contributed by atoms with Gasteiger partial charge in [-0.3, -0.25) is 9.78 Å². The molecule has 0 spiro atoms. The van der Waals surface area contributed by atoms with Crippen molar-refractivity contribution in [2.24, 2.45) is 0 Å². The molecule has 5 heteroatoms. The number of aromatic nitrogens is 1. The number of carbonyl (C=O) groups is 2. The first-order chi connectivity index (χ1) is 14.0. The summed E-state index contributed by atoms with van der Waals surface area (Å²) in [5.41, 5.74) is 3.24. The number of nitrogens with zero attached hydrogens (tertiary/aromatic N) is 1. The highest BCUT2D eigenvalue weighted by atomic mass is 16.5. The predicted molar refractivity (Wildman–Crippen MR) is 114 cm³/mol. The van der Waals surface area contributed by atoms with E-state index in [-0.39, 0.29) is 18.4 Å². The molecule has 0 aliphatic heterocycles. The van der Waals surface area contributed by atoms with Crippen molar-refractivity contribution in [1.29, 1.82) is 0 Å². The maximum Gasteiger partial charge on any atom is 0.339 e. The van der Waals surface area contributed by atoms with Crippen LogP contribution in [0.2, 0.25) is 0 Å². The van der Waals surface area contributed by atoms with Crippen LogP contribution in [0.15, 0.2) is 60.7 Å². The van der Waals surface area contributed by atoms with Gasteiger partial charge in [0, 0.05) is 17.6 Å². The first-order valence-electron chi connectivity index (χ1n) is 9.92. The molecule has 0 bridgehead atoms. The molecule has 2 aromatic carbocycles. The Balaban J connectivity index is 1.54. The molecule has 0 saturated carbocycles. The van der Waals surface area contributed by atoms with Gasteiger partial charge in [0.25, 0.3) is 5.91 Å². The van der Waals surface area contributed by atoms with Crippen LogP contribution in [0, 0.1) is 0 Å². The normalized spacial score (nSPS) is 10.9. The first-order valence-corrected chi connectivity index (χ1v) is 9.92. The summed E-state index contributed by atoms with van der Waals surface area (Å²) in [6, 6.07) is 19.3. The van der Waals surface area contributed by atoms with Crippen LogP contribution >= 0.6 is 0 Å².